The Morgan fingerprint density at radius 1 is 1.39 bits per heavy atom. The number of halogens is 1. The molecule has 5 rings (SSSR count). The number of carbonyl (C=O) groups excluding carboxylic acids is 1. The topological polar surface area (TPSA) is 174 Å². The molecule has 0 saturated carbocycles. The summed E-state index contributed by atoms with van der Waals surface area (Å²) in [6, 6.07) is 2.62. The molecule has 12 nitrogen and oxygen atoms in total. The van der Waals surface area contributed by atoms with Crippen molar-refractivity contribution in [2.45, 2.75) is 62.9 Å². The average Bonchev–Trinajstić information content (AvgIpc) is 3.66. The van der Waals surface area contributed by atoms with Crippen molar-refractivity contribution in [2.75, 3.05) is 30.5 Å². The predicted octanol–water partition coefficient (Wildman–Crippen LogP) is 2.99. The van der Waals surface area contributed by atoms with Crippen LogP contribution in [-0.2, 0) is 9.47 Å². The Labute approximate surface area is 230 Å². The van der Waals surface area contributed by atoms with Gasteiger partial charge in [0.2, 0.25) is 5.28 Å². The number of aromatic nitrogens is 3. The van der Waals surface area contributed by atoms with Gasteiger partial charge in [-0.3, -0.25) is 0 Å². The van der Waals surface area contributed by atoms with Crippen molar-refractivity contribution in [3.05, 3.63) is 17.5 Å². The fraction of sp³-hybridized carbons (Fsp3) is 0.583. The third-order valence-corrected chi connectivity index (χ3v) is 7.61. The van der Waals surface area contributed by atoms with Crippen LogP contribution in [0.3, 0.4) is 0 Å². The van der Waals surface area contributed by atoms with Crippen LogP contribution in [-0.4, -0.2) is 79.3 Å². The molecule has 0 bridgehead atoms. The van der Waals surface area contributed by atoms with Crippen molar-refractivity contribution in [1.82, 2.24) is 25.2 Å². The van der Waals surface area contributed by atoms with Gasteiger partial charge in [-0.1, -0.05) is 25.7 Å². The van der Waals surface area contributed by atoms with Crippen molar-refractivity contribution < 1.29 is 29.3 Å². The Morgan fingerprint density at radius 3 is 2.68 bits per heavy atom. The van der Waals surface area contributed by atoms with Crippen LogP contribution in [0.15, 0.2) is 12.3 Å². The van der Waals surface area contributed by atoms with Crippen LogP contribution in [0.5, 0.6) is 0 Å². The highest BCUT2D eigenvalue weighted by Gasteiger charge is 2.39. The molecule has 3 aliphatic rings. The number of nitrogens with zero attached hydrogens (tertiary/aromatic N) is 3. The number of aliphatic hydroxyl groups excluding tert-OH is 1. The molecule has 0 radical (unpaired) electrons. The van der Waals surface area contributed by atoms with Crippen LogP contribution in [0.1, 0.15) is 45.3 Å². The number of urea groups is 1. The molecule has 0 spiro atoms. The molecule has 0 aliphatic carbocycles. The lowest BCUT2D eigenvalue weighted by Gasteiger charge is -2.21. The minimum atomic E-state index is -1.17. The van der Waals surface area contributed by atoms with Crippen LogP contribution >= 0.6 is 23.4 Å². The van der Waals surface area contributed by atoms with E-state index in [9.17, 15) is 14.7 Å². The molecule has 14 heteroatoms. The molecule has 2 aromatic rings. The number of carbonyl (C=O) groups is 2. The van der Waals surface area contributed by atoms with Gasteiger partial charge in [0.05, 0.1) is 30.7 Å². The standard InChI is InChI=1S/C13H13ClN4O2.C6H12O3.C5H8N2OS/c1-2-13(7-19)5-3-9(20-13)18-6-4-8-10(15)16-12(14)17-11(8)18;1-2-3-4-5-9-6(7)8;8-5-6-3-1-9-2-4(3)7-5/h1,4,6,9,19H,3,5,7H2,(H2,15,16,17);2-5H2,1H3,(H,7,8);3-4H,1-2H2,(H2,6,7,8)/t9-,13+;;3-,4+/m1../s1. The number of terminal acetylenes is 1. The Hall–Kier alpha value is -2.92. The summed E-state index contributed by atoms with van der Waals surface area (Å²) < 4.78 is 11.9. The number of ether oxygens (including phenoxy) is 2. The number of nitrogens with one attached hydrogen (secondary N) is 2. The van der Waals surface area contributed by atoms with Gasteiger partial charge < -0.3 is 40.6 Å². The number of nitrogens with two attached hydrogens (primary N) is 1. The van der Waals surface area contributed by atoms with E-state index < -0.39 is 11.8 Å². The SMILES string of the molecule is C#C[C@@]1(CO)CC[C@H](n2ccc3c(N)nc(Cl)nc32)O1.CCCCCOC(=O)O.O=C1N[C@H]2CSC[C@H]2N1. The van der Waals surface area contributed by atoms with Crippen LogP contribution in [0, 0.1) is 12.3 Å². The first-order valence-electron chi connectivity index (χ1n) is 12.3. The molecular formula is C24H33ClN6O6S. The number of fused-ring (bicyclic) bond motifs is 2. The first-order valence-corrected chi connectivity index (χ1v) is 13.8. The van der Waals surface area contributed by atoms with E-state index in [1.807, 2.05) is 16.3 Å². The van der Waals surface area contributed by atoms with Crippen molar-refractivity contribution in [3.8, 4) is 12.3 Å². The Balaban J connectivity index is 0.000000184. The maximum absolute atomic E-state index is 10.6. The number of nitrogen functional groups attached to an aromatic ring is 1. The number of unbranched alkanes of at least 4 members (excludes halogenated alkanes) is 2. The highest BCUT2D eigenvalue weighted by atomic mass is 35.5. The molecule has 38 heavy (non-hydrogen) atoms. The summed E-state index contributed by atoms with van der Waals surface area (Å²) in [7, 11) is 0. The second-order valence-corrected chi connectivity index (χ2v) is 10.3. The van der Waals surface area contributed by atoms with Gasteiger partial charge in [-0.05, 0) is 36.9 Å². The van der Waals surface area contributed by atoms with Gasteiger partial charge in [-0.25, -0.2) is 14.6 Å². The molecule has 0 aromatic carbocycles. The third-order valence-electron chi connectivity index (χ3n) is 6.25. The van der Waals surface area contributed by atoms with Gasteiger partial charge in [0, 0.05) is 17.7 Å². The highest BCUT2D eigenvalue weighted by Crippen LogP contribution is 2.38. The van der Waals surface area contributed by atoms with Crippen LogP contribution < -0.4 is 16.4 Å². The monoisotopic (exact) mass is 568 g/mol. The Kier molecular flexibility index (Phi) is 10.7. The normalized spacial score (nSPS) is 25.2. The number of hydrogen-bond acceptors (Lipinski definition) is 9. The van der Waals surface area contributed by atoms with Crippen molar-refractivity contribution in [2.24, 2.45) is 0 Å². The molecule has 2 aromatic heterocycles. The second-order valence-electron chi connectivity index (χ2n) is 8.94. The van der Waals surface area contributed by atoms with Crippen LogP contribution in [0.4, 0.5) is 15.4 Å². The van der Waals surface area contributed by atoms with E-state index in [0.717, 1.165) is 30.8 Å². The number of aliphatic hydroxyl groups is 1. The number of amides is 2. The molecule has 6 N–H and O–H groups in total. The molecular weight excluding hydrogens is 536 g/mol. The summed E-state index contributed by atoms with van der Waals surface area (Å²) in [5.41, 5.74) is 5.48. The Morgan fingerprint density at radius 2 is 2.11 bits per heavy atom. The van der Waals surface area contributed by atoms with Gasteiger partial charge in [0.15, 0.2) is 5.60 Å². The number of rotatable bonds is 6. The van der Waals surface area contributed by atoms with Gasteiger partial charge in [0.25, 0.3) is 0 Å². The van der Waals surface area contributed by atoms with E-state index in [4.69, 9.17) is 33.6 Å². The quantitative estimate of drug-likeness (QED) is 0.114. The van der Waals surface area contributed by atoms with Gasteiger partial charge >= 0.3 is 12.2 Å². The molecule has 4 atom stereocenters. The molecule has 3 aliphatic heterocycles. The molecule has 3 fully saturated rings. The summed E-state index contributed by atoms with van der Waals surface area (Å²) in [6.45, 7) is 2.18. The van der Waals surface area contributed by atoms with E-state index in [-0.39, 0.29) is 24.1 Å². The zero-order chi connectivity index (χ0) is 27.7. The second kappa shape index (κ2) is 13.7. The highest BCUT2D eigenvalue weighted by molar-refractivity contribution is 7.99. The number of carboxylic acid groups (broad SMARTS) is 1. The van der Waals surface area contributed by atoms with E-state index in [2.05, 4.69) is 38.2 Å². The largest absolute Gasteiger partial charge is 0.505 e. The van der Waals surface area contributed by atoms with Crippen LogP contribution in [0.25, 0.3) is 11.0 Å². The summed E-state index contributed by atoms with van der Waals surface area (Å²) in [6.07, 6.45) is 9.99. The average molecular weight is 569 g/mol. The first-order chi connectivity index (χ1) is 18.2. The maximum Gasteiger partial charge on any atom is 0.505 e. The Bertz CT molecular complexity index is 1150. The molecule has 208 valence electrons. The fourth-order valence-electron chi connectivity index (χ4n) is 4.19. The minimum absolute atomic E-state index is 0.00491. The summed E-state index contributed by atoms with van der Waals surface area (Å²) in [5.74, 6) is 4.99. The summed E-state index contributed by atoms with van der Waals surface area (Å²) in [5, 5.41) is 23.9. The van der Waals surface area contributed by atoms with Crippen molar-refractivity contribution >= 4 is 52.4 Å². The zero-order valence-electron chi connectivity index (χ0n) is 21.1. The molecule has 3 saturated heterocycles. The number of hydrogen-bond donors (Lipinski definition) is 5. The van der Waals surface area contributed by atoms with Gasteiger partial charge in [-0.15, -0.1) is 6.42 Å². The van der Waals surface area contributed by atoms with Crippen LogP contribution in [0.2, 0.25) is 5.28 Å². The lowest BCUT2D eigenvalue weighted by molar-refractivity contribution is -0.0615. The molecule has 5 heterocycles. The van der Waals surface area contributed by atoms with Crippen molar-refractivity contribution in [1.29, 1.82) is 0 Å². The number of thioether (sulfide) groups is 1. The molecule has 0 unspecified atom stereocenters. The molecule has 2 amide bonds. The lowest BCUT2D eigenvalue weighted by atomic mass is 10.0. The van der Waals surface area contributed by atoms with E-state index in [0.29, 0.717) is 48.4 Å². The van der Waals surface area contributed by atoms with Gasteiger partial charge in [0.1, 0.15) is 17.7 Å². The zero-order valence-corrected chi connectivity index (χ0v) is 22.6. The van der Waals surface area contributed by atoms with Gasteiger partial charge in [-0.2, -0.15) is 16.7 Å². The summed E-state index contributed by atoms with van der Waals surface area (Å²) in [4.78, 5) is 28.5. The van der Waals surface area contributed by atoms with Crippen molar-refractivity contribution in [3.63, 3.8) is 0 Å². The minimum Gasteiger partial charge on any atom is -0.450 e. The van der Waals surface area contributed by atoms with E-state index >= 15 is 0 Å². The third kappa shape index (κ3) is 7.57. The summed E-state index contributed by atoms with van der Waals surface area (Å²) >= 11 is 7.73. The smallest absolute Gasteiger partial charge is 0.450 e. The number of anilines is 1. The van der Waals surface area contributed by atoms with E-state index in [1.54, 1.807) is 12.3 Å². The predicted molar refractivity (Wildman–Crippen MR) is 145 cm³/mol. The first kappa shape index (κ1) is 29.6. The maximum atomic E-state index is 10.6. The lowest BCUT2D eigenvalue weighted by Crippen LogP contribution is -2.31. The fourth-order valence-corrected chi connectivity index (χ4v) is 5.64. The van der Waals surface area contributed by atoms with E-state index in [1.165, 1.54) is 0 Å².